The SMILES string of the molecule is COc1ccc(OC)c(-c2cc(C)[o+]c(-c3cc(OC)ccc3OC)c2)c1.F[B-](F)(F)F. The van der Waals surface area contributed by atoms with E-state index in [0.29, 0.717) is 11.5 Å². The van der Waals surface area contributed by atoms with Gasteiger partial charge in [0, 0.05) is 23.3 Å². The first-order valence-corrected chi connectivity index (χ1v) is 9.36. The second kappa shape index (κ2) is 10.7. The first-order chi connectivity index (χ1) is 15.1. The van der Waals surface area contributed by atoms with Crippen LogP contribution < -0.4 is 18.9 Å². The summed E-state index contributed by atoms with van der Waals surface area (Å²) >= 11 is 0. The molecule has 0 bridgehead atoms. The van der Waals surface area contributed by atoms with Gasteiger partial charge in [-0.2, -0.15) is 0 Å². The molecule has 5 nitrogen and oxygen atoms in total. The summed E-state index contributed by atoms with van der Waals surface area (Å²) in [6.45, 7) is 1.91. The summed E-state index contributed by atoms with van der Waals surface area (Å²) in [5.41, 5.74) is 2.68. The van der Waals surface area contributed by atoms with Crippen LogP contribution in [0.3, 0.4) is 0 Å². The van der Waals surface area contributed by atoms with Gasteiger partial charge in [-0.05, 0) is 30.3 Å². The van der Waals surface area contributed by atoms with Crippen LogP contribution in [0.4, 0.5) is 17.3 Å². The lowest BCUT2D eigenvalue weighted by molar-refractivity contribution is 0.368. The Hall–Kier alpha value is -3.43. The molecule has 1 aromatic heterocycles. The van der Waals surface area contributed by atoms with Gasteiger partial charge < -0.3 is 36.2 Å². The van der Waals surface area contributed by atoms with Crippen LogP contribution in [0, 0.1) is 6.92 Å². The molecule has 0 amide bonds. The van der Waals surface area contributed by atoms with E-state index in [9.17, 15) is 17.3 Å². The molecule has 0 N–H and O–H groups in total. The molecule has 3 rings (SSSR count). The number of methoxy groups -OCH3 is 4. The van der Waals surface area contributed by atoms with Crippen molar-refractivity contribution in [3.05, 3.63) is 54.3 Å². The maximum absolute atomic E-state index is 9.75. The highest BCUT2D eigenvalue weighted by molar-refractivity contribution is 6.50. The monoisotopic (exact) mass is 454 g/mol. The van der Waals surface area contributed by atoms with Crippen LogP contribution in [0.15, 0.2) is 52.9 Å². The van der Waals surface area contributed by atoms with E-state index in [1.54, 1.807) is 28.4 Å². The van der Waals surface area contributed by atoms with Gasteiger partial charge in [-0.3, -0.25) is 0 Å². The van der Waals surface area contributed by atoms with E-state index >= 15 is 0 Å². The Morgan fingerprint density at radius 3 is 1.59 bits per heavy atom. The Kier molecular flexibility index (Phi) is 8.34. The van der Waals surface area contributed by atoms with Crippen molar-refractivity contribution in [2.24, 2.45) is 0 Å². The maximum atomic E-state index is 9.75. The summed E-state index contributed by atoms with van der Waals surface area (Å²) in [4.78, 5) is 0. The molecule has 0 spiro atoms. The summed E-state index contributed by atoms with van der Waals surface area (Å²) < 4.78 is 66.8. The predicted octanol–water partition coefficient (Wildman–Crippen LogP) is 6.54. The third-order valence-electron chi connectivity index (χ3n) is 4.31. The van der Waals surface area contributed by atoms with Crippen LogP contribution in [-0.4, -0.2) is 35.7 Å². The molecule has 1 heterocycles. The number of benzene rings is 2. The molecule has 0 fully saturated rings. The Morgan fingerprint density at radius 2 is 1.12 bits per heavy atom. The highest BCUT2D eigenvalue weighted by atomic mass is 19.5. The first kappa shape index (κ1) is 24.8. The Morgan fingerprint density at radius 1 is 0.656 bits per heavy atom. The van der Waals surface area contributed by atoms with E-state index in [1.807, 2.05) is 55.5 Å². The number of rotatable bonds is 6. The van der Waals surface area contributed by atoms with Crippen molar-refractivity contribution < 1.29 is 40.6 Å². The molecule has 0 unspecified atom stereocenters. The zero-order valence-corrected chi connectivity index (χ0v) is 18.2. The van der Waals surface area contributed by atoms with Gasteiger partial charge in [0.1, 0.15) is 28.6 Å². The third kappa shape index (κ3) is 6.80. The molecule has 2 aromatic carbocycles. The van der Waals surface area contributed by atoms with Gasteiger partial charge in [0.15, 0.2) is 0 Å². The highest BCUT2D eigenvalue weighted by Crippen LogP contribution is 2.39. The van der Waals surface area contributed by atoms with Crippen LogP contribution in [0.25, 0.3) is 22.5 Å². The molecule has 32 heavy (non-hydrogen) atoms. The standard InChI is InChI=1S/C22H23O5.BF4/c1-14-10-15(18-12-16(23-2)6-8-20(18)25-4)11-22(27-14)19-13-17(24-3)7-9-21(19)26-5;2-1(3,4)5/h6-13H,1-5H3;/q+1;-1. The first-order valence-electron chi connectivity index (χ1n) is 9.36. The van der Waals surface area contributed by atoms with Gasteiger partial charge in [-0.1, -0.05) is 0 Å². The van der Waals surface area contributed by atoms with Crippen LogP contribution in [0.5, 0.6) is 23.0 Å². The van der Waals surface area contributed by atoms with Crippen molar-refractivity contribution in [2.45, 2.75) is 6.92 Å². The largest absolute Gasteiger partial charge is 0.673 e. The number of halogens is 4. The molecule has 172 valence electrons. The van der Waals surface area contributed by atoms with Crippen molar-refractivity contribution in [2.75, 3.05) is 28.4 Å². The number of aryl methyl sites for hydroxylation is 1. The molecule has 3 aromatic rings. The van der Waals surface area contributed by atoms with E-state index in [-0.39, 0.29) is 0 Å². The van der Waals surface area contributed by atoms with E-state index in [2.05, 4.69) is 0 Å². The Labute approximate surface area is 183 Å². The highest BCUT2D eigenvalue weighted by Gasteiger charge is 2.23. The number of ether oxygens (including phenoxy) is 4. The fourth-order valence-electron chi connectivity index (χ4n) is 2.97. The summed E-state index contributed by atoms with van der Waals surface area (Å²) in [5, 5.41) is 0. The van der Waals surface area contributed by atoms with Gasteiger partial charge in [-0.25, -0.2) is 4.42 Å². The van der Waals surface area contributed by atoms with E-state index in [4.69, 9.17) is 23.4 Å². The quantitative estimate of drug-likeness (QED) is 0.241. The molecule has 0 saturated carbocycles. The summed E-state index contributed by atoms with van der Waals surface area (Å²) in [6, 6.07) is 15.2. The molecule has 0 aliphatic heterocycles. The van der Waals surface area contributed by atoms with Crippen LogP contribution >= 0.6 is 0 Å². The fourth-order valence-corrected chi connectivity index (χ4v) is 2.97. The zero-order chi connectivity index (χ0) is 23.9. The Bertz CT molecular complexity index is 977. The van der Waals surface area contributed by atoms with Gasteiger partial charge >= 0.3 is 18.8 Å². The van der Waals surface area contributed by atoms with Crippen molar-refractivity contribution in [3.8, 4) is 45.4 Å². The molecule has 0 radical (unpaired) electrons. The second-order valence-electron chi connectivity index (χ2n) is 6.45. The average molecular weight is 454 g/mol. The van der Waals surface area contributed by atoms with Crippen LogP contribution in [0.1, 0.15) is 5.76 Å². The molecular weight excluding hydrogens is 431 g/mol. The minimum Gasteiger partial charge on any atom is -0.497 e. The van der Waals surface area contributed by atoms with Gasteiger partial charge in [0.2, 0.25) is 0 Å². The normalized spacial score (nSPS) is 10.7. The molecule has 0 atom stereocenters. The molecule has 0 aliphatic carbocycles. The Balaban J connectivity index is 0.000000654. The van der Waals surface area contributed by atoms with Crippen molar-refractivity contribution in [3.63, 3.8) is 0 Å². The fraction of sp³-hybridized carbons (Fsp3) is 0.227. The average Bonchev–Trinajstić information content (AvgIpc) is 2.76. The van der Waals surface area contributed by atoms with Gasteiger partial charge in [-0.15, -0.1) is 0 Å². The molecular formula is C22H23BF4O5. The summed E-state index contributed by atoms with van der Waals surface area (Å²) in [6.07, 6.45) is 0. The predicted molar refractivity (Wildman–Crippen MR) is 115 cm³/mol. The maximum Gasteiger partial charge on any atom is 0.673 e. The van der Waals surface area contributed by atoms with E-state index in [1.165, 1.54) is 0 Å². The lowest BCUT2D eigenvalue weighted by Crippen LogP contribution is -2.02. The molecule has 10 heteroatoms. The van der Waals surface area contributed by atoms with Crippen molar-refractivity contribution >= 4 is 7.25 Å². The summed E-state index contributed by atoms with van der Waals surface area (Å²) in [7, 11) is 0.555. The van der Waals surface area contributed by atoms with E-state index < -0.39 is 7.25 Å². The third-order valence-corrected chi connectivity index (χ3v) is 4.31. The van der Waals surface area contributed by atoms with Gasteiger partial charge in [0.25, 0.3) is 0 Å². The minimum absolute atomic E-state index is 0.672. The second-order valence-corrected chi connectivity index (χ2v) is 6.45. The molecule has 0 saturated heterocycles. The number of hydrogen-bond acceptors (Lipinski definition) is 4. The zero-order valence-electron chi connectivity index (χ0n) is 18.2. The summed E-state index contributed by atoms with van der Waals surface area (Å²) in [5.74, 6) is 4.37. The molecule has 0 aliphatic rings. The van der Waals surface area contributed by atoms with Crippen LogP contribution in [0.2, 0.25) is 0 Å². The number of hydrogen-bond donors (Lipinski definition) is 0. The lowest BCUT2D eigenvalue weighted by Gasteiger charge is -2.11. The van der Waals surface area contributed by atoms with Crippen molar-refractivity contribution in [1.29, 1.82) is 0 Å². The minimum atomic E-state index is -6.00. The van der Waals surface area contributed by atoms with Gasteiger partial charge in [0.05, 0.1) is 41.4 Å². The van der Waals surface area contributed by atoms with Crippen LogP contribution in [-0.2, 0) is 0 Å². The smallest absolute Gasteiger partial charge is 0.497 e. The van der Waals surface area contributed by atoms with E-state index in [0.717, 1.165) is 39.7 Å². The van der Waals surface area contributed by atoms with Crippen molar-refractivity contribution in [1.82, 2.24) is 0 Å². The topological polar surface area (TPSA) is 48.2 Å². The lowest BCUT2D eigenvalue weighted by atomic mass is 10.0.